The van der Waals surface area contributed by atoms with Crippen molar-refractivity contribution in [3.05, 3.63) is 23.0 Å². The molecule has 1 rings (SSSR count). The van der Waals surface area contributed by atoms with Crippen molar-refractivity contribution in [1.82, 2.24) is 4.98 Å². The molecule has 0 radical (unpaired) electrons. The first kappa shape index (κ1) is 12.3. The summed E-state index contributed by atoms with van der Waals surface area (Å²) in [7, 11) is 1.13. The third-order valence-electron chi connectivity index (χ3n) is 2.00. The summed E-state index contributed by atoms with van der Waals surface area (Å²) in [6.45, 7) is -0.265. The second kappa shape index (κ2) is 4.84. The minimum Gasteiger partial charge on any atom is -0.505 e. The van der Waals surface area contributed by atoms with Crippen molar-refractivity contribution in [1.29, 1.82) is 0 Å². The molecule has 0 unspecified atom stereocenters. The van der Waals surface area contributed by atoms with Crippen LogP contribution in [-0.2, 0) is 11.3 Å². The zero-order valence-electron chi connectivity index (χ0n) is 8.41. The number of hydrogen-bond acceptors (Lipinski definition) is 5. The maximum atomic E-state index is 12.4. The molecule has 0 aliphatic heterocycles. The molecule has 7 heteroatoms. The smallest absolute Gasteiger partial charge is 0.339 e. The number of aromatic nitrogens is 1. The van der Waals surface area contributed by atoms with Gasteiger partial charge < -0.3 is 15.6 Å². The van der Waals surface area contributed by atoms with E-state index >= 15 is 0 Å². The van der Waals surface area contributed by atoms with E-state index in [1.54, 1.807) is 0 Å². The van der Waals surface area contributed by atoms with Gasteiger partial charge >= 0.3 is 5.97 Å². The Hall–Kier alpha value is -1.76. The van der Waals surface area contributed by atoms with Gasteiger partial charge in [-0.2, -0.15) is 0 Å². The summed E-state index contributed by atoms with van der Waals surface area (Å²) >= 11 is 0. The van der Waals surface area contributed by atoms with Crippen LogP contribution in [0.5, 0.6) is 5.75 Å². The zero-order chi connectivity index (χ0) is 12.3. The number of pyridine rings is 1. The lowest BCUT2D eigenvalue weighted by atomic mass is 10.1. The average molecular weight is 232 g/mol. The molecule has 0 aliphatic carbocycles. The summed E-state index contributed by atoms with van der Waals surface area (Å²) in [6.07, 6.45) is -2.02. The monoisotopic (exact) mass is 232 g/mol. The molecule has 0 spiro atoms. The van der Waals surface area contributed by atoms with Crippen LogP contribution in [0.3, 0.4) is 0 Å². The van der Waals surface area contributed by atoms with E-state index in [0.717, 1.165) is 13.3 Å². The lowest BCUT2D eigenvalue weighted by molar-refractivity contribution is 0.0597. The van der Waals surface area contributed by atoms with E-state index in [4.69, 9.17) is 5.73 Å². The minimum atomic E-state index is -2.93. The maximum Gasteiger partial charge on any atom is 0.339 e. The van der Waals surface area contributed by atoms with Crippen LogP contribution in [0.15, 0.2) is 6.20 Å². The Morgan fingerprint density at radius 1 is 1.69 bits per heavy atom. The number of nitrogens with zero attached hydrogens (tertiary/aromatic N) is 1. The van der Waals surface area contributed by atoms with Gasteiger partial charge in [-0.25, -0.2) is 13.6 Å². The molecule has 16 heavy (non-hydrogen) atoms. The number of alkyl halides is 2. The van der Waals surface area contributed by atoms with Crippen LogP contribution in [-0.4, -0.2) is 23.2 Å². The standard InChI is InChI=1S/C9H10F2N2O3/c1-16-9(15)5-3-13-6(8(10)11)7(14)4(5)2-12/h3,8,14H,2,12H2,1H3. The van der Waals surface area contributed by atoms with Crippen LogP contribution < -0.4 is 5.73 Å². The van der Waals surface area contributed by atoms with Crippen LogP contribution in [0.4, 0.5) is 8.78 Å². The molecule has 1 heterocycles. The number of rotatable bonds is 3. The van der Waals surface area contributed by atoms with Gasteiger partial charge in [0.25, 0.3) is 6.43 Å². The predicted octanol–water partition coefficient (Wildman–Crippen LogP) is 0.970. The molecule has 1 aromatic rings. The fourth-order valence-electron chi connectivity index (χ4n) is 1.21. The molecule has 1 aromatic heterocycles. The zero-order valence-corrected chi connectivity index (χ0v) is 8.41. The van der Waals surface area contributed by atoms with Crippen LogP contribution in [0, 0.1) is 0 Å². The highest BCUT2D eigenvalue weighted by Crippen LogP contribution is 2.31. The normalized spacial score (nSPS) is 10.6. The quantitative estimate of drug-likeness (QED) is 0.758. The summed E-state index contributed by atoms with van der Waals surface area (Å²) < 4.78 is 29.2. The number of esters is 1. The first-order chi connectivity index (χ1) is 7.52. The number of methoxy groups -OCH3 is 1. The predicted molar refractivity (Wildman–Crippen MR) is 50.1 cm³/mol. The van der Waals surface area contributed by atoms with Crippen LogP contribution in [0.1, 0.15) is 28.0 Å². The molecule has 0 saturated carbocycles. The van der Waals surface area contributed by atoms with Crippen molar-refractivity contribution in [3.63, 3.8) is 0 Å². The van der Waals surface area contributed by atoms with E-state index < -0.39 is 23.8 Å². The maximum absolute atomic E-state index is 12.4. The average Bonchev–Trinajstić information content (AvgIpc) is 2.26. The summed E-state index contributed by atoms with van der Waals surface area (Å²) in [4.78, 5) is 14.5. The van der Waals surface area contributed by atoms with Gasteiger partial charge in [0.1, 0.15) is 11.4 Å². The number of carbonyl (C=O) groups excluding carboxylic acids is 1. The molecule has 5 nitrogen and oxygen atoms in total. The van der Waals surface area contributed by atoms with Crippen molar-refractivity contribution in [2.24, 2.45) is 5.73 Å². The van der Waals surface area contributed by atoms with Crippen molar-refractivity contribution in [2.75, 3.05) is 7.11 Å². The molecule has 0 saturated heterocycles. The highest BCUT2D eigenvalue weighted by atomic mass is 19.3. The van der Waals surface area contributed by atoms with Crippen molar-refractivity contribution in [2.45, 2.75) is 13.0 Å². The number of nitrogens with two attached hydrogens (primary N) is 1. The van der Waals surface area contributed by atoms with Gasteiger partial charge in [0.2, 0.25) is 0 Å². The third kappa shape index (κ3) is 2.08. The van der Waals surface area contributed by atoms with E-state index in [-0.39, 0.29) is 17.7 Å². The number of aromatic hydroxyl groups is 1. The van der Waals surface area contributed by atoms with Gasteiger partial charge in [-0.05, 0) is 0 Å². The molecule has 0 fully saturated rings. The van der Waals surface area contributed by atoms with E-state index in [2.05, 4.69) is 9.72 Å². The van der Waals surface area contributed by atoms with E-state index in [0.29, 0.717) is 0 Å². The Balaban J connectivity index is 3.35. The lowest BCUT2D eigenvalue weighted by Gasteiger charge is -2.10. The summed E-state index contributed by atoms with van der Waals surface area (Å²) in [5, 5.41) is 9.45. The molecule has 0 aromatic carbocycles. The molecular weight excluding hydrogens is 222 g/mol. The summed E-state index contributed by atoms with van der Waals surface area (Å²) in [6, 6.07) is 0. The van der Waals surface area contributed by atoms with Gasteiger partial charge in [-0.3, -0.25) is 4.98 Å². The number of ether oxygens (including phenoxy) is 1. The summed E-state index contributed by atoms with van der Waals surface area (Å²) in [5.41, 5.74) is 4.26. The van der Waals surface area contributed by atoms with Crippen LogP contribution in [0.2, 0.25) is 0 Å². The Labute approximate surface area is 89.9 Å². The number of carbonyl (C=O) groups is 1. The second-order valence-electron chi connectivity index (χ2n) is 2.88. The lowest BCUT2D eigenvalue weighted by Crippen LogP contribution is -2.11. The minimum absolute atomic E-state index is 0.0999. The van der Waals surface area contributed by atoms with E-state index in [1.165, 1.54) is 0 Å². The first-order valence-corrected chi connectivity index (χ1v) is 4.30. The molecule has 0 aliphatic rings. The molecule has 0 amide bonds. The summed E-state index contributed by atoms with van der Waals surface area (Å²) in [5.74, 6) is -1.55. The largest absolute Gasteiger partial charge is 0.505 e. The number of halogens is 2. The van der Waals surface area contributed by atoms with E-state index in [9.17, 15) is 18.7 Å². The van der Waals surface area contributed by atoms with Crippen molar-refractivity contribution in [3.8, 4) is 5.75 Å². The fourth-order valence-corrected chi connectivity index (χ4v) is 1.21. The molecular formula is C9H10F2N2O3. The highest BCUT2D eigenvalue weighted by molar-refractivity contribution is 5.91. The fraction of sp³-hybridized carbons (Fsp3) is 0.333. The first-order valence-electron chi connectivity index (χ1n) is 4.30. The Kier molecular flexibility index (Phi) is 3.73. The van der Waals surface area contributed by atoms with Crippen LogP contribution >= 0.6 is 0 Å². The van der Waals surface area contributed by atoms with Gasteiger partial charge in [0.15, 0.2) is 0 Å². The van der Waals surface area contributed by atoms with Crippen LogP contribution in [0.25, 0.3) is 0 Å². The topological polar surface area (TPSA) is 85.4 Å². The SMILES string of the molecule is COC(=O)c1cnc(C(F)F)c(O)c1CN. The Morgan fingerprint density at radius 3 is 2.75 bits per heavy atom. The number of hydrogen-bond donors (Lipinski definition) is 2. The van der Waals surface area contributed by atoms with Gasteiger partial charge in [-0.1, -0.05) is 0 Å². The third-order valence-corrected chi connectivity index (χ3v) is 2.00. The van der Waals surface area contributed by atoms with Gasteiger partial charge in [-0.15, -0.1) is 0 Å². The Bertz CT molecular complexity index is 410. The molecule has 0 atom stereocenters. The Morgan fingerprint density at radius 2 is 2.31 bits per heavy atom. The van der Waals surface area contributed by atoms with Gasteiger partial charge in [0.05, 0.1) is 12.7 Å². The molecule has 88 valence electrons. The molecule has 3 N–H and O–H groups in total. The van der Waals surface area contributed by atoms with Crippen molar-refractivity contribution >= 4 is 5.97 Å². The van der Waals surface area contributed by atoms with Crippen molar-refractivity contribution < 1.29 is 23.4 Å². The second-order valence-corrected chi connectivity index (χ2v) is 2.88. The van der Waals surface area contributed by atoms with Gasteiger partial charge in [0, 0.05) is 18.3 Å². The highest BCUT2D eigenvalue weighted by Gasteiger charge is 2.22. The molecule has 0 bridgehead atoms. The van der Waals surface area contributed by atoms with E-state index in [1.807, 2.05) is 0 Å².